The number of hydrogen-bond acceptors (Lipinski definition) is 4. The SMILES string of the molecule is Cc1sc(=Nc2ccc(OCCC(C)C)cc2)n(-c2ccc(OCCC(C)C)cc2)c1C. The zero-order valence-corrected chi connectivity index (χ0v) is 21.0. The van der Waals surface area contributed by atoms with Crippen molar-refractivity contribution in [3.05, 3.63) is 63.9 Å². The van der Waals surface area contributed by atoms with Gasteiger partial charge in [0.25, 0.3) is 0 Å². The van der Waals surface area contributed by atoms with Crippen LogP contribution in [0.4, 0.5) is 5.69 Å². The van der Waals surface area contributed by atoms with Gasteiger partial charge in [0, 0.05) is 16.3 Å². The van der Waals surface area contributed by atoms with E-state index in [1.807, 2.05) is 36.4 Å². The van der Waals surface area contributed by atoms with Gasteiger partial charge in [-0.05, 0) is 87.1 Å². The van der Waals surface area contributed by atoms with Gasteiger partial charge in [0.15, 0.2) is 4.80 Å². The van der Waals surface area contributed by atoms with Crippen molar-refractivity contribution in [3.63, 3.8) is 0 Å². The van der Waals surface area contributed by atoms with Crippen molar-refractivity contribution < 1.29 is 9.47 Å². The number of aromatic nitrogens is 1. The van der Waals surface area contributed by atoms with Crippen LogP contribution >= 0.6 is 11.3 Å². The number of hydrogen-bond donors (Lipinski definition) is 0. The average Bonchev–Trinajstić information content (AvgIpc) is 3.02. The van der Waals surface area contributed by atoms with Crippen molar-refractivity contribution in [1.82, 2.24) is 4.57 Å². The lowest BCUT2D eigenvalue weighted by Crippen LogP contribution is -2.13. The Hall–Kier alpha value is -2.53. The number of benzene rings is 2. The molecular weight excluding hydrogens is 416 g/mol. The van der Waals surface area contributed by atoms with E-state index in [-0.39, 0.29) is 0 Å². The highest BCUT2D eigenvalue weighted by atomic mass is 32.1. The zero-order valence-electron chi connectivity index (χ0n) is 20.2. The van der Waals surface area contributed by atoms with Gasteiger partial charge >= 0.3 is 0 Å². The van der Waals surface area contributed by atoms with Crippen molar-refractivity contribution in [3.8, 4) is 17.2 Å². The molecule has 0 saturated carbocycles. The van der Waals surface area contributed by atoms with Gasteiger partial charge in [-0.2, -0.15) is 0 Å². The second-order valence-corrected chi connectivity index (χ2v) is 10.2. The molecule has 1 aromatic heterocycles. The molecule has 5 heteroatoms. The first-order valence-electron chi connectivity index (χ1n) is 11.5. The molecule has 3 aromatic rings. The van der Waals surface area contributed by atoms with Gasteiger partial charge < -0.3 is 9.47 Å². The summed E-state index contributed by atoms with van der Waals surface area (Å²) in [7, 11) is 0. The number of thiazole rings is 1. The third-order valence-electron chi connectivity index (χ3n) is 5.36. The zero-order chi connectivity index (χ0) is 23.1. The number of rotatable bonds is 10. The number of ether oxygens (including phenoxy) is 2. The molecule has 0 atom stereocenters. The average molecular weight is 453 g/mol. The molecule has 0 radical (unpaired) electrons. The predicted molar refractivity (Wildman–Crippen MR) is 135 cm³/mol. The van der Waals surface area contributed by atoms with E-state index in [0.717, 1.165) is 53.7 Å². The molecule has 0 aliphatic rings. The monoisotopic (exact) mass is 452 g/mol. The maximum absolute atomic E-state index is 5.88. The van der Waals surface area contributed by atoms with Crippen LogP contribution in [0.15, 0.2) is 53.5 Å². The molecule has 32 heavy (non-hydrogen) atoms. The summed E-state index contributed by atoms with van der Waals surface area (Å²) < 4.78 is 13.9. The minimum Gasteiger partial charge on any atom is -0.494 e. The van der Waals surface area contributed by atoms with Gasteiger partial charge in [-0.15, -0.1) is 11.3 Å². The normalized spacial score (nSPS) is 12.1. The lowest BCUT2D eigenvalue weighted by molar-refractivity contribution is 0.289. The molecule has 1 heterocycles. The standard InChI is InChI=1S/C27H36N2O2S/c1-19(2)15-17-30-25-11-7-23(8-12-25)28-27-29(21(5)22(6)32-27)24-9-13-26(14-10-24)31-18-16-20(3)4/h7-14,19-20H,15-18H2,1-6H3. The van der Waals surface area contributed by atoms with Crippen molar-refractivity contribution in [1.29, 1.82) is 0 Å². The number of aryl methyl sites for hydroxylation is 1. The smallest absolute Gasteiger partial charge is 0.195 e. The molecule has 0 saturated heterocycles. The Morgan fingerprint density at radius 1 is 0.781 bits per heavy atom. The molecule has 0 amide bonds. The second-order valence-electron chi connectivity index (χ2n) is 9.02. The van der Waals surface area contributed by atoms with Gasteiger partial charge in [-0.3, -0.25) is 4.57 Å². The van der Waals surface area contributed by atoms with E-state index in [0.29, 0.717) is 11.8 Å². The summed E-state index contributed by atoms with van der Waals surface area (Å²) >= 11 is 1.71. The molecule has 0 bridgehead atoms. The molecule has 0 aliphatic carbocycles. The van der Waals surface area contributed by atoms with Gasteiger partial charge in [-0.25, -0.2) is 4.99 Å². The van der Waals surface area contributed by atoms with Gasteiger partial charge in [0.2, 0.25) is 0 Å². The third-order valence-corrected chi connectivity index (χ3v) is 6.42. The summed E-state index contributed by atoms with van der Waals surface area (Å²) in [5, 5.41) is 0. The van der Waals surface area contributed by atoms with Gasteiger partial charge in [0.05, 0.1) is 18.9 Å². The molecular formula is C27H36N2O2S. The van der Waals surface area contributed by atoms with E-state index in [1.165, 1.54) is 10.6 Å². The summed E-state index contributed by atoms with van der Waals surface area (Å²) in [4.78, 5) is 7.15. The molecule has 0 aliphatic heterocycles. The van der Waals surface area contributed by atoms with E-state index in [9.17, 15) is 0 Å². The summed E-state index contributed by atoms with van der Waals surface area (Å²) in [6.45, 7) is 14.6. The van der Waals surface area contributed by atoms with Crippen LogP contribution in [0.25, 0.3) is 5.69 Å². The van der Waals surface area contributed by atoms with E-state index in [4.69, 9.17) is 14.5 Å². The lowest BCUT2D eigenvalue weighted by atomic mass is 10.1. The van der Waals surface area contributed by atoms with Crippen LogP contribution in [-0.4, -0.2) is 17.8 Å². The van der Waals surface area contributed by atoms with Crippen LogP contribution < -0.4 is 14.3 Å². The minimum atomic E-state index is 0.644. The van der Waals surface area contributed by atoms with Gasteiger partial charge in [-0.1, -0.05) is 27.7 Å². The first-order valence-corrected chi connectivity index (χ1v) is 12.3. The van der Waals surface area contributed by atoms with E-state index in [2.05, 4.69) is 58.2 Å². The Labute approximate surface area is 196 Å². The van der Waals surface area contributed by atoms with Crippen LogP contribution in [0.2, 0.25) is 0 Å². The fourth-order valence-corrected chi connectivity index (χ4v) is 4.18. The lowest BCUT2D eigenvalue weighted by Gasteiger charge is -2.10. The summed E-state index contributed by atoms with van der Waals surface area (Å²) in [5.74, 6) is 3.09. The maximum atomic E-state index is 5.88. The fraction of sp³-hybridized carbons (Fsp3) is 0.444. The van der Waals surface area contributed by atoms with Crippen molar-refractivity contribution in [2.75, 3.05) is 13.2 Å². The molecule has 0 spiro atoms. The van der Waals surface area contributed by atoms with Crippen molar-refractivity contribution >= 4 is 17.0 Å². The molecule has 0 unspecified atom stereocenters. The van der Waals surface area contributed by atoms with Crippen molar-refractivity contribution in [2.24, 2.45) is 16.8 Å². The first-order chi connectivity index (χ1) is 15.3. The highest BCUT2D eigenvalue weighted by Crippen LogP contribution is 2.22. The predicted octanol–water partition coefficient (Wildman–Crippen LogP) is 7.24. The Morgan fingerprint density at radius 3 is 1.78 bits per heavy atom. The van der Waals surface area contributed by atoms with Crippen LogP contribution in [0.3, 0.4) is 0 Å². The Kier molecular flexibility index (Phi) is 8.57. The van der Waals surface area contributed by atoms with Crippen LogP contribution in [-0.2, 0) is 0 Å². The summed E-state index contributed by atoms with van der Waals surface area (Å²) in [5.41, 5.74) is 3.22. The highest BCUT2D eigenvalue weighted by Gasteiger charge is 2.09. The minimum absolute atomic E-state index is 0.644. The van der Waals surface area contributed by atoms with Crippen molar-refractivity contribution in [2.45, 2.75) is 54.4 Å². The fourth-order valence-electron chi connectivity index (χ4n) is 3.18. The maximum Gasteiger partial charge on any atom is 0.195 e. The molecule has 0 N–H and O–H groups in total. The summed E-state index contributed by atoms with van der Waals surface area (Å²) in [6, 6.07) is 16.3. The molecule has 4 nitrogen and oxygen atoms in total. The molecule has 172 valence electrons. The van der Waals surface area contributed by atoms with Crippen LogP contribution in [0.5, 0.6) is 11.5 Å². The van der Waals surface area contributed by atoms with E-state index < -0.39 is 0 Å². The summed E-state index contributed by atoms with van der Waals surface area (Å²) in [6.07, 6.45) is 2.12. The highest BCUT2D eigenvalue weighted by molar-refractivity contribution is 7.09. The van der Waals surface area contributed by atoms with E-state index in [1.54, 1.807) is 11.3 Å². The Balaban J connectivity index is 1.79. The van der Waals surface area contributed by atoms with Crippen LogP contribution in [0, 0.1) is 25.7 Å². The quantitative estimate of drug-likeness (QED) is 0.325. The Morgan fingerprint density at radius 2 is 1.28 bits per heavy atom. The molecule has 2 aromatic carbocycles. The second kappa shape index (κ2) is 11.4. The topological polar surface area (TPSA) is 35.8 Å². The first kappa shape index (κ1) is 24.1. The van der Waals surface area contributed by atoms with Crippen LogP contribution in [0.1, 0.15) is 51.1 Å². The molecule has 3 rings (SSSR count). The third kappa shape index (κ3) is 6.73. The Bertz CT molecular complexity index is 1040. The number of nitrogens with zero attached hydrogens (tertiary/aromatic N) is 2. The van der Waals surface area contributed by atoms with E-state index >= 15 is 0 Å². The largest absolute Gasteiger partial charge is 0.494 e. The molecule has 0 fully saturated rings. The van der Waals surface area contributed by atoms with Gasteiger partial charge in [0.1, 0.15) is 11.5 Å².